The Hall–Kier alpha value is -1.07. The van der Waals surface area contributed by atoms with Crippen LogP contribution in [0.3, 0.4) is 0 Å². The van der Waals surface area contributed by atoms with Crippen LogP contribution in [0.25, 0.3) is 0 Å². The largest absolute Gasteiger partial charge is 0.341 e. The van der Waals surface area contributed by atoms with Crippen molar-refractivity contribution in [1.29, 1.82) is 0 Å². The van der Waals surface area contributed by atoms with E-state index in [1.807, 2.05) is 16.5 Å². The molecule has 1 aliphatic rings. The lowest BCUT2D eigenvalue weighted by Gasteiger charge is -2.20. The maximum atomic E-state index is 12.0. The summed E-state index contributed by atoms with van der Waals surface area (Å²) >= 11 is 6.44. The SMILES string of the molecule is Cc1nn(CC(C)C)c(Cl)c1CNCCN1CCCCCC1=O. The fourth-order valence-electron chi connectivity index (χ4n) is 2.96. The molecule has 6 heteroatoms. The maximum absolute atomic E-state index is 12.0. The van der Waals surface area contributed by atoms with Crippen molar-refractivity contribution in [2.24, 2.45) is 5.92 Å². The molecule has 1 aromatic rings. The number of carbonyl (C=O) groups excluding carboxylic acids is 1. The monoisotopic (exact) mass is 340 g/mol. The Bertz CT molecular complexity index is 527. The van der Waals surface area contributed by atoms with E-state index >= 15 is 0 Å². The van der Waals surface area contributed by atoms with Crippen LogP contribution in [0.4, 0.5) is 0 Å². The third-order valence-electron chi connectivity index (χ3n) is 4.25. The number of hydrogen-bond donors (Lipinski definition) is 1. The third kappa shape index (κ3) is 5.21. The Morgan fingerprint density at radius 1 is 1.30 bits per heavy atom. The van der Waals surface area contributed by atoms with E-state index in [1.54, 1.807) is 0 Å². The Kier molecular flexibility index (Phi) is 6.90. The molecule has 1 saturated heterocycles. The van der Waals surface area contributed by atoms with Crippen LogP contribution in [0.15, 0.2) is 0 Å². The van der Waals surface area contributed by atoms with Gasteiger partial charge >= 0.3 is 0 Å². The zero-order chi connectivity index (χ0) is 16.8. The number of hydrogen-bond acceptors (Lipinski definition) is 3. The molecule has 0 saturated carbocycles. The molecule has 23 heavy (non-hydrogen) atoms. The number of halogens is 1. The van der Waals surface area contributed by atoms with Gasteiger partial charge in [0.2, 0.25) is 5.91 Å². The fourth-order valence-corrected chi connectivity index (χ4v) is 3.27. The Balaban J connectivity index is 1.82. The number of nitrogens with one attached hydrogen (secondary N) is 1. The van der Waals surface area contributed by atoms with Crippen LogP contribution < -0.4 is 5.32 Å². The summed E-state index contributed by atoms with van der Waals surface area (Å²) in [6.07, 6.45) is 4.03. The van der Waals surface area contributed by atoms with Gasteiger partial charge in [-0.2, -0.15) is 5.10 Å². The average Bonchev–Trinajstić information content (AvgIpc) is 2.65. The van der Waals surface area contributed by atoms with Gasteiger partial charge in [-0.1, -0.05) is 31.9 Å². The number of amides is 1. The summed E-state index contributed by atoms with van der Waals surface area (Å²) in [5.41, 5.74) is 2.04. The summed E-state index contributed by atoms with van der Waals surface area (Å²) in [6.45, 7) is 10.3. The third-order valence-corrected chi connectivity index (χ3v) is 4.68. The molecule has 1 N–H and O–H groups in total. The minimum Gasteiger partial charge on any atom is -0.341 e. The highest BCUT2D eigenvalue weighted by Crippen LogP contribution is 2.20. The highest BCUT2D eigenvalue weighted by atomic mass is 35.5. The molecule has 0 aliphatic carbocycles. The van der Waals surface area contributed by atoms with Crippen LogP contribution in [0, 0.1) is 12.8 Å². The Morgan fingerprint density at radius 3 is 2.83 bits per heavy atom. The molecule has 0 radical (unpaired) electrons. The minimum atomic E-state index is 0.295. The van der Waals surface area contributed by atoms with Crippen molar-refractivity contribution in [2.75, 3.05) is 19.6 Å². The molecule has 0 spiro atoms. The molecular weight excluding hydrogens is 312 g/mol. The number of rotatable bonds is 7. The van der Waals surface area contributed by atoms with Crippen molar-refractivity contribution < 1.29 is 4.79 Å². The molecule has 5 nitrogen and oxygen atoms in total. The molecule has 130 valence electrons. The van der Waals surface area contributed by atoms with E-state index in [2.05, 4.69) is 24.3 Å². The summed E-state index contributed by atoms with van der Waals surface area (Å²) in [5.74, 6) is 0.810. The second-order valence-electron chi connectivity index (χ2n) is 6.80. The normalized spacial score (nSPS) is 16.2. The minimum absolute atomic E-state index is 0.295. The van der Waals surface area contributed by atoms with Crippen molar-refractivity contribution in [2.45, 2.75) is 59.5 Å². The van der Waals surface area contributed by atoms with E-state index in [0.717, 1.165) is 55.4 Å². The standard InChI is InChI=1S/C17H29ClN4O/c1-13(2)12-22-17(18)15(14(3)20-22)11-19-8-10-21-9-6-4-5-7-16(21)23/h13,19H,4-12H2,1-3H3. The first-order chi connectivity index (χ1) is 11.0. The van der Waals surface area contributed by atoms with E-state index in [9.17, 15) is 4.79 Å². The second-order valence-corrected chi connectivity index (χ2v) is 7.16. The summed E-state index contributed by atoms with van der Waals surface area (Å²) in [6, 6.07) is 0. The number of likely N-dealkylation sites (tertiary alicyclic amines) is 1. The molecular formula is C17H29ClN4O. The van der Waals surface area contributed by atoms with Gasteiger partial charge in [0.25, 0.3) is 0 Å². The van der Waals surface area contributed by atoms with E-state index in [0.29, 0.717) is 24.8 Å². The van der Waals surface area contributed by atoms with Gasteiger partial charge in [0.15, 0.2) is 0 Å². The lowest BCUT2D eigenvalue weighted by molar-refractivity contribution is -0.130. The first-order valence-corrected chi connectivity index (χ1v) is 9.07. The molecule has 1 fully saturated rings. The van der Waals surface area contributed by atoms with Crippen molar-refractivity contribution >= 4 is 17.5 Å². The molecule has 0 unspecified atom stereocenters. The van der Waals surface area contributed by atoms with Gasteiger partial charge in [-0.05, 0) is 25.7 Å². The summed E-state index contributed by atoms with van der Waals surface area (Å²) in [4.78, 5) is 13.9. The molecule has 1 aliphatic heterocycles. The number of carbonyl (C=O) groups is 1. The van der Waals surface area contributed by atoms with Crippen LogP contribution in [-0.4, -0.2) is 40.2 Å². The topological polar surface area (TPSA) is 50.2 Å². The predicted molar refractivity (Wildman–Crippen MR) is 93.6 cm³/mol. The fraction of sp³-hybridized carbons (Fsp3) is 0.765. The van der Waals surface area contributed by atoms with Gasteiger partial charge < -0.3 is 10.2 Å². The predicted octanol–water partition coefficient (Wildman–Crippen LogP) is 2.99. The van der Waals surface area contributed by atoms with Crippen molar-refractivity contribution in [3.8, 4) is 0 Å². The Labute approximate surface area is 144 Å². The van der Waals surface area contributed by atoms with Crippen LogP contribution in [0.1, 0.15) is 50.8 Å². The first kappa shape index (κ1) is 18.3. The van der Waals surface area contributed by atoms with E-state index < -0.39 is 0 Å². The van der Waals surface area contributed by atoms with Crippen molar-refractivity contribution in [3.63, 3.8) is 0 Å². The highest BCUT2D eigenvalue weighted by Gasteiger charge is 2.17. The van der Waals surface area contributed by atoms with Gasteiger partial charge in [0, 0.05) is 44.7 Å². The molecule has 0 bridgehead atoms. The van der Waals surface area contributed by atoms with Crippen LogP contribution in [0.5, 0.6) is 0 Å². The van der Waals surface area contributed by atoms with Crippen molar-refractivity contribution in [3.05, 3.63) is 16.4 Å². The number of nitrogens with zero attached hydrogens (tertiary/aromatic N) is 3. The quantitative estimate of drug-likeness (QED) is 0.776. The summed E-state index contributed by atoms with van der Waals surface area (Å²) in [5, 5.41) is 8.66. The van der Waals surface area contributed by atoms with Crippen LogP contribution in [0.2, 0.25) is 5.15 Å². The Morgan fingerprint density at radius 2 is 2.09 bits per heavy atom. The van der Waals surface area contributed by atoms with Crippen LogP contribution >= 0.6 is 11.6 Å². The average molecular weight is 341 g/mol. The molecule has 2 heterocycles. The number of aromatic nitrogens is 2. The van der Waals surface area contributed by atoms with Gasteiger partial charge in [0.1, 0.15) is 5.15 Å². The summed E-state index contributed by atoms with van der Waals surface area (Å²) in [7, 11) is 0. The number of aryl methyl sites for hydroxylation is 1. The summed E-state index contributed by atoms with van der Waals surface area (Å²) < 4.78 is 1.89. The molecule has 2 rings (SSSR count). The van der Waals surface area contributed by atoms with E-state index in [1.165, 1.54) is 6.42 Å². The van der Waals surface area contributed by atoms with Crippen molar-refractivity contribution in [1.82, 2.24) is 20.0 Å². The lowest BCUT2D eigenvalue weighted by Crippen LogP contribution is -2.36. The first-order valence-electron chi connectivity index (χ1n) is 8.69. The zero-order valence-electron chi connectivity index (χ0n) is 14.6. The van der Waals surface area contributed by atoms with Gasteiger partial charge in [-0.25, -0.2) is 0 Å². The van der Waals surface area contributed by atoms with Gasteiger partial charge in [-0.15, -0.1) is 0 Å². The smallest absolute Gasteiger partial charge is 0.222 e. The van der Waals surface area contributed by atoms with Crippen LogP contribution in [-0.2, 0) is 17.9 Å². The van der Waals surface area contributed by atoms with Gasteiger partial charge in [0.05, 0.1) is 5.69 Å². The molecule has 0 atom stereocenters. The highest BCUT2D eigenvalue weighted by molar-refractivity contribution is 6.30. The second kappa shape index (κ2) is 8.69. The lowest BCUT2D eigenvalue weighted by atomic mass is 10.2. The van der Waals surface area contributed by atoms with Gasteiger partial charge in [-0.3, -0.25) is 9.48 Å². The maximum Gasteiger partial charge on any atom is 0.222 e. The van der Waals surface area contributed by atoms with E-state index in [4.69, 9.17) is 11.6 Å². The molecule has 0 aromatic carbocycles. The zero-order valence-corrected chi connectivity index (χ0v) is 15.3. The van der Waals surface area contributed by atoms with E-state index in [-0.39, 0.29) is 0 Å². The molecule has 1 aromatic heterocycles. The molecule has 1 amide bonds.